The summed E-state index contributed by atoms with van der Waals surface area (Å²) in [6, 6.07) is 0. The average molecular weight is 238 g/mol. The molecule has 0 aliphatic rings. The zero-order valence-corrected chi connectivity index (χ0v) is 7.88. The van der Waals surface area contributed by atoms with Crippen molar-refractivity contribution in [1.82, 2.24) is 0 Å². The molecule has 0 aromatic rings. The Bertz CT molecular complexity index is 116. The van der Waals surface area contributed by atoms with Gasteiger partial charge in [0.2, 0.25) is 0 Å². The molecule has 0 heterocycles. The van der Waals surface area contributed by atoms with Crippen LogP contribution >= 0.6 is 23.0 Å². The summed E-state index contributed by atoms with van der Waals surface area (Å²) in [5.41, 5.74) is 1.27. The summed E-state index contributed by atoms with van der Waals surface area (Å²) in [6.45, 7) is 4.76. The van der Waals surface area contributed by atoms with Crippen molar-refractivity contribution in [1.29, 1.82) is 0 Å². The van der Waals surface area contributed by atoms with Crippen molar-refractivity contribution in [2.45, 2.75) is 13.8 Å². The molecule has 0 atom stereocenters. The van der Waals surface area contributed by atoms with Crippen LogP contribution in [0.25, 0.3) is 0 Å². The van der Waals surface area contributed by atoms with Crippen molar-refractivity contribution in [3.8, 4) is 0 Å². The van der Waals surface area contributed by atoms with Gasteiger partial charge in [0.25, 0.3) is 0 Å². The van der Waals surface area contributed by atoms with Gasteiger partial charge in [-0.2, -0.15) is 0 Å². The molecule has 0 radical (unpaired) electrons. The molecule has 0 amide bonds. The molecule has 52 valence electrons. The van der Waals surface area contributed by atoms with E-state index in [4.69, 9.17) is 3.07 Å². The molecule has 0 aliphatic heterocycles. The van der Waals surface area contributed by atoms with Crippen LogP contribution in [0.15, 0.2) is 23.8 Å². The van der Waals surface area contributed by atoms with Crippen LogP contribution in [0.2, 0.25) is 0 Å². The van der Waals surface area contributed by atoms with Gasteiger partial charge in [-0.15, -0.1) is 0 Å². The lowest BCUT2D eigenvalue weighted by Gasteiger charge is -1.86. The van der Waals surface area contributed by atoms with Crippen LogP contribution in [0.5, 0.6) is 0 Å². The predicted octanol–water partition coefficient (Wildman–Crippen LogP) is 2.88. The van der Waals surface area contributed by atoms with E-state index >= 15 is 0 Å². The smallest absolute Gasteiger partial charge is 0.110 e. The highest BCUT2D eigenvalue weighted by atomic mass is 127. The van der Waals surface area contributed by atoms with Gasteiger partial charge < -0.3 is 3.07 Å². The van der Waals surface area contributed by atoms with Crippen molar-refractivity contribution in [2.75, 3.05) is 6.61 Å². The monoisotopic (exact) mass is 238 g/mol. The lowest BCUT2D eigenvalue weighted by atomic mass is 10.3. The number of halogens is 1. The minimum Gasteiger partial charge on any atom is -0.312 e. The van der Waals surface area contributed by atoms with Gasteiger partial charge in [0.15, 0.2) is 0 Å². The van der Waals surface area contributed by atoms with E-state index in [-0.39, 0.29) is 0 Å². The maximum Gasteiger partial charge on any atom is 0.110 e. The van der Waals surface area contributed by atoms with Gasteiger partial charge >= 0.3 is 0 Å². The molecule has 0 aromatic carbocycles. The van der Waals surface area contributed by atoms with E-state index in [1.807, 2.05) is 42.1 Å². The van der Waals surface area contributed by atoms with E-state index < -0.39 is 0 Å². The molecule has 9 heavy (non-hydrogen) atoms. The largest absolute Gasteiger partial charge is 0.312 e. The molecule has 0 aliphatic carbocycles. The van der Waals surface area contributed by atoms with Crippen molar-refractivity contribution in [3.05, 3.63) is 23.8 Å². The van der Waals surface area contributed by atoms with Crippen LogP contribution < -0.4 is 0 Å². The quantitative estimate of drug-likeness (QED) is 0.542. The van der Waals surface area contributed by atoms with Crippen LogP contribution in [0.3, 0.4) is 0 Å². The first-order valence-electron chi connectivity index (χ1n) is 2.84. The zero-order valence-electron chi connectivity index (χ0n) is 5.73. The van der Waals surface area contributed by atoms with Crippen LogP contribution in [-0.2, 0) is 3.07 Å². The first kappa shape index (κ1) is 9.17. The number of allylic oxidation sites excluding steroid dienone is 3. The first-order valence-corrected chi connectivity index (χ1v) is 3.72. The second kappa shape index (κ2) is 6.29. The summed E-state index contributed by atoms with van der Waals surface area (Å²) >= 11 is 1.88. The van der Waals surface area contributed by atoms with E-state index in [0.717, 1.165) is 0 Å². The third-order valence-electron chi connectivity index (χ3n) is 0.995. The Kier molecular flexibility index (Phi) is 6.41. The van der Waals surface area contributed by atoms with Crippen molar-refractivity contribution < 1.29 is 3.07 Å². The minimum atomic E-state index is 0.686. The first-order chi connectivity index (χ1) is 4.31. The molecule has 0 fully saturated rings. The summed E-state index contributed by atoms with van der Waals surface area (Å²) in [6.07, 6.45) is 6.09. The maximum absolute atomic E-state index is 4.79. The topological polar surface area (TPSA) is 9.23 Å². The molecule has 1 nitrogen and oxygen atoms in total. The third-order valence-corrected chi connectivity index (χ3v) is 1.35. The Morgan fingerprint density at radius 1 is 1.67 bits per heavy atom. The Hall–Kier alpha value is 0.170. The van der Waals surface area contributed by atoms with Crippen molar-refractivity contribution >= 4 is 23.0 Å². The lowest BCUT2D eigenvalue weighted by molar-refractivity contribution is 0.488. The molecule has 0 N–H and O–H groups in total. The average Bonchev–Trinajstić information content (AvgIpc) is 1.89. The summed E-state index contributed by atoms with van der Waals surface area (Å²) in [5.74, 6) is 0. The lowest BCUT2D eigenvalue weighted by Crippen LogP contribution is -1.74. The molecule has 0 saturated carbocycles. The summed E-state index contributed by atoms with van der Waals surface area (Å²) in [5, 5.41) is 0. The van der Waals surface area contributed by atoms with Gasteiger partial charge in [0, 0.05) is 0 Å². The van der Waals surface area contributed by atoms with E-state index in [0.29, 0.717) is 6.61 Å². The molecule has 0 bridgehead atoms. The molecule has 0 spiro atoms. The van der Waals surface area contributed by atoms with Crippen LogP contribution in [0.4, 0.5) is 0 Å². The highest BCUT2D eigenvalue weighted by Gasteiger charge is 1.75. The van der Waals surface area contributed by atoms with E-state index in [1.165, 1.54) is 5.57 Å². The van der Waals surface area contributed by atoms with E-state index in [9.17, 15) is 0 Å². The molecule has 0 unspecified atom stereocenters. The fourth-order valence-electron chi connectivity index (χ4n) is 0.367. The number of rotatable bonds is 3. The third kappa shape index (κ3) is 6.05. The normalized spacial score (nSPS) is 13.0. The molecule has 0 saturated heterocycles. The van der Waals surface area contributed by atoms with Crippen LogP contribution in [0, 0.1) is 0 Å². The molecule has 2 heteroatoms. The second-order valence-electron chi connectivity index (χ2n) is 1.71. The van der Waals surface area contributed by atoms with Gasteiger partial charge in [-0.05, 0) is 13.8 Å². The van der Waals surface area contributed by atoms with Crippen LogP contribution in [-0.4, -0.2) is 6.61 Å². The van der Waals surface area contributed by atoms with Gasteiger partial charge in [0.05, 0.1) is 6.61 Å². The molecular weight excluding hydrogens is 227 g/mol. The number of hydrogen-bond donors (Lipinski definition) is 0. The Balaban J connectivity index is 3.45. The van der Waals surface area contributed by atoms with E-state index in [1.54, 1.807) is 0 Å². The van der Waals surface area contributed by atoms with Gasteiger partial charge in [-0.1, -0.05) is 23.8 Å². The van der Waals surface area contributed by atoms with Crippen molar-refractivity contribution in [2.24, 2.45) is 0 Å². The SMILES string of the molecule is C/C=C(C)\C=C/COI. The van der Waals surface area contributed by atoms with Gasteiger partial charge in [-0.25, -0.2) is 0 Å². The molecule has 0 aromatic heterocycles. The fraction of sp³-hybridized carbons (Fsp3) is 0.429. The number of hydrogen-bond acceptors (Lipinski definition) is 1. The highest BCUT2D eigenvalue weighted by Crippen LogP contribution is 1.94. The van der Waals surface area contributed by atoms with Gasteiger partial charge in [-0.3, -0.25) is 0 Å². The highest BCUT2D eigenvalue weighted by molar-refractivity contribution is 14.1. The van der Waals surface area contributed by atoms with Crippen LogP contribution in [0.1, 0.15) is 13.8 Å². The molecular formula is C7H11IO. The van der Waals surface area contributed by atoms with E-state index in [2.05, 4.69) is 13.0 Å². The standard InChI is InChI=1S/C7H11IO/c1-3-7(2)5-4-6-9-8/h3-5H,6H2,1-2H3/b5-4-,7-3-. The Morgan fingerprint density at radius 2 is 2.33 bits per heavy atom. The summed E-state index contributed by atoms with van der Waals surface area (Å²) in [7, 11) is 0. The molecule has 0 rings (SSSR count). The Labute approximate surface area is 70.5 Å². The fourth-order valence-corrected chi connectivity index (χ4v) is 0.574. The van der Waals surface area contributed by atoms with Gasteiger partial charge in [0.1, 0.15) is 23.0 Å². The summed E-state index contributed by atoms with van der Waals surface area (Å²) < 4.78 is 4.79. The minimum absolute atomic E-state index is 0.686. The van der Waals surface area contributed by atoms with Crippen molar-refractivity contribution in [3.63, 3.8) is 0 Å². The predicted molar refractivity (Wildman–Crippen MR) is 48.5 cm³/mol. The Morgan fingerprint density at radius 3 is 2.78 bits per heavy atom. The second-order valence-corrected chi connectivity index (χ2v) is 2.33. The summed E-state index contributed by atoms with van der Waals surface area (Å²) in [4.78, 5) is 0. The zero-order chi connectivity index (χ0) is 7.11. The maximum atomic E-state index is 4.79.